The zero-order valence-electron chi connectivity index (χ0n) is 16.0. The fourth-order valence-corrected chi connectivity index (χ4v) is 2.80. The molecule has 3 aromatic rings. The first-order valence-corrected chi connectivity index (χ1v) is 8.95. The molecule has 146 valence electrons. The molecule has 8 heteroatoms. The minimum Gasteiger partial charge on any atom is -0.493 e. The molecule has 0 aliphatic rings. The molecule has 8 nitrogen and oxygen atoms in total. The van der Waals surface area contributed by atoms with Crippen molar-refractivity contribution >= 4 is 11.4 Å². The molecule has 0 fully saturated rings. The van der Waals surface area contributed by atoms with E-state index in [1.807, 2.05) is 19.1 Å². The summed E-state index contributed by atoms with van der Waals surface area (Å²) < 4.78 is 6.60. The van der Waals surface area contributed by atoms with Crippen molar-refractivity contribution in [3.63, 3.8) is 0 Å². The van der Waals surface area contributed by atoms with E-state index in [2.05, 4.69) is 15.2 Å². The van der Waals surface area contributed by atoms with E-state index < -0.39 is 11.4 Å². The number of rotatable bonds is 6. The zero-order chi connectivity index (χ0) is 20.8. The Morgan fingerprint density at radius 2 is 2.03 bits per heavy atom. The molecule has 0 spiro atoms. The molecule has 0 unspecified atom stereocenters. The smallest absolute Gasteiger partial charge is 0.281 e. The first-order chi connectivity index (χ1) is 14.1. The van der Waals surface area contributed by atoms with E-state index >= 15 is 0 Å². The predicted octanol–water partition coefficient (Wildman–Crippen LogP) is 3.99. The topological polar surface area (TPSA) is 113 Å². The molecule has 29 heavy (non-hydrogen) atoms. The van der Waals surface area contributed by atoms with E-state index in [1.54, 1.807) is 49.6 Å². The highest BCUT2D eigenvalue weighted by Crippen LogP contribution is 2.31. The van der Waals surface area contributed by atoms with Crippen LogP contribution in [0.2, 0.25) is 0 Å². The van der Waals surface area contributed by atoms with Crippen LogP contribution in [-0.2, 0) is 6.54 Å². The van der Waals surface area contributed by atoms with Crippen LogP contribution >= 0.6 is 0 Å². The Bertz CT molecular complexity index is 1150. The molecule has 0 radical (unpaired) electrons. The standard InChI is InChI=1S/C21H19N5O3/c1-3-29-18-9-5-4-8-17(18)24-25-19-14(2)16(11-22)20(27)26(21(19)28)13-15-7-6-10-23-12-15/h4-10,12,27H,3,13H2,1-2H3. The van der Waals surface area contributed by atoms with Gasteiger partial charge in [0, 0.05) is 18.0 Å². The Hall–Kier alpha value is -3.99. The predicted molar refractivity (Wildman–Crippen MR) is 107 cm³/mol. The van der Waals surface area contributed by atoms with Crippen LogP contribution in [0.1, 0.15) is 23.6 Å². The number of hydrogen-bond acceptors (Lipinski definition) is 7. The summed E-state index contributed by atoms with van der Waals surface area (Å²) >= 11 is 0. The van der Waals surface area contributed by atoms with Crippen LogP contribution in [0.3, 0.4) is 0 Å². The quantitative estimate of drug-likeness (QED) is 0.640. The number of ether oxygens (including phenoxy) is 1. The lowest BCUT2D eigenvalue weighted by atomic mass is 10.1. The summed E-state index contributed by atoms with van der Waals surface area (Å²) in [6, 6.07) is 12.5. The molecular formula is C21H19N5O3. The number of azo groups is 1. The third kappa shape index (κ3) is 4.14. The van der Waals surface area contributed by atoms with Gasteiger partial charge in [0.2, 0.25) is 5.88 Å². The number of nitrogens with zero attached hydrogens (tertiary/aromatic N) is 5. The van der Waals surface area contributed by atoms with Crippen molar-refractivity contribution in [3.8, 4) is 17.7 Å². The molecule has 1 aromatic carbocycles. The average Bonchev–Trinajstić information content (AvgIpc) is 2.73. The second-order valence-corrected chi connectivity index (χ2v) is 6.14. The normalized spacial score (nSPS) is 10.8. The minimum absolute atomic E-state index is 0.0189. The summed E-state index contributed by atoms with van der Waals surface area (Å²) in [7, 11) is 0. The van der Waals surface area contributed by atoms with Crippen LogP contribution in [0, 0.1) is 18.3 Å². The van der Waals surface area contributed by atoms with Crippen LogP contribution in [0.5, 0.6) is 11.6 Å². The molecule has 2 heterocycles. The molecule has 0 amide bonds. The summed E-state index contributed by atoms with van der Waals surface area (Å²) in [5.74, 6) is 0.124. The molecule has 0 saturated heterocycles. The number of pyridine rings is 2. The van der Waals surface area contributed by atoms with Crippen molar-refractivity contribution in [3.05, 3.63) is 75.8 Å². The van der Waals surface area contributed by atoms with Gasteiger partial charge in [0.15, 0.2) is 5.69 Å². The summed E-state index contributed by atoms with van der Waals surface area (Å²) in [4.78, 5) is 17.0. The summed E-state index contributed by atoms with van der Waals surface area (Å²) in [5, 5.41) is 28.2. The van der Waals surface area contributed by atoms with E-state index in [-0.39, 0.29) is 23.4 Å². The van der Waals surface area contributed by atoms with Crippen molar-refractivity contribution in [2.24, 2.45) is 10.2 Å². The maximum absolute atomic E-state index is 13.0. The molecular weight excluding hydrogens is 370 g/mol. The monoisotopic (exact) mass is 389 g/mol. The average molecular weight is 389 g/mol. The number of hydrogen-bond donors (Lipinski definition) is 1. The fraction of sp³-hybridized carbons (Fsp3) is 0.190. The van der Waals surface area contributed by atoms with Crippen molar-refractivity contribution in [1.82, 2.24) is 9.55 Å². The van der Waals surface area contributed by atoms with Gasteiger partial charge in [0.05, 0.1) is 13.2 Å². The van der Waals surface area contributed by atoms with Crippen LogP contribution in [0.15, 0.2) is 63.8 Å². The molecule has 1 N–H and O–H groups in total. The van der Waals surface area contributed by atoms with Gasteiger partial charge in [0.1, 0.15) is 23.1 Å². The molecule has 0 aliphatic carbocycles. The summed E-state index contributed by atoms with van der Waals surface area (Å²) in [5.41, 5.74) is 0.811. The third-order valence-corrected chi connectivity index (χ3v) is 4.26. The van der Waals surface area contributed by atoms with Crippen molar-refractivity contribution in [2.45, 2.75) is 20.4 Å². The second kappa shape index (κ2) is 8.80. The maximum atomic E-state index is 13.0. The Kier molecular flexibility index (Phi) is 6.00. The Labute approximate surface area is 167 Å². The van der Waals surface area contributed by atoms with Crippen LogP contribution in [-0.4, -0.2) is 21.3 Å². The van der Waals surface area contributed by atoms with E-state index in [4.69, 9.17) is 4.74 Å². The van der Waals surface area contributed by atoms with Gasteiger partial charge in [-0.1, -0.05) is 18.2 Å². The van der Waals surface area contributed by atoms with Crippen molar-refractivity contribution < 1.29 is 9.84 Å². The van der Waals surface area contributed by atoms with Gasteiger partial charge in [-0.2, -0.15) is 5.26 Å². The SMILES string of the molecule is CCOc1ccccc1N=Nc1c(C)c(C#N)c(O)n(Cc2cccnc2)c1=O. The number of benzene rings is 1. The number of aromatic nitrogens is 2. The zero-order valence-corrected chi connectivity index (χ0v) is 16.0. The van der Waals surface area contributed by atoms with E-state index in [0.717, 1.165) is 4.57 Å². The maximum Gasteiger partial charge on any atom is 0.281 e. The van der Waals surface area contributed by atoms with E-state index in [9.17, 15) is 15.2 Å². The third-order valence-electron chi connectivity index (χ3n) is 4.26. The van der Waals surface area contributed by atoms with Gasteiger partial charge < -0.3 is 9.84 Å². The van der Waals surface area contributed by atoms with Crippen LogP contribution in [0.4, 0.5) is 11.4 Å². The van der Waals surface area contributed by atoms with Gasteiger partial charge in [0.25, 0.3) is 5.56 Å². The minimum atomic E-state index is -0.555. The van der Waals surface area contributed by atoms with Gasteiger partial charge in [-0.3, -0.25) is 14.3 Å². The van der Waals surface area contributed by atoms with Crippen LogP contribution < -0.4 is 10.3 Å². The Morgan fingerprint density at radius 1 is 1.24 bits per heavy atom. The summed E-state index contributed by atoms with van der Waals surface area (Å²) in [6.45, 7) is 3.91. The number of nitriles is 1. The lowest BCUT2D eigenvalue weighted by Crippen LogP contribution is -2.22. The lowest BCUT2D eigenvalue weighted by Gasteiger charge is -2.13. The second-order valence-electron chi connectivity index (χ2n) is 6.14. The highest BCUT2D eigenvalue weighted by Gasteiger charge is 2.19. The van der Waals surface area contributed by atoms with Gasteiger partial charge in [-0.25, -0.2) is 0 Å². The Balaban J connectivity index is 2.11. The molecule has 2 aromatic heterocycles. The van der Waals surface area contributed by atoms with Crippen molar-refractivity contribution in [1.29, 1.82) is 5.26 Å². The number of para-hydroxylation sites is 1. The molecule has 0 aliphatic heterocycles. The van der Waals surface area contributed by atoms with Gasteiger partial charge in [-0.05, 0) is 37.6 Å². The molecule has 0 bridgehead atoms. The first-order valence-electron chi connectivity index (χ1n) is 8.95. The Morgan fingerprint density at radius 3 is 2.72 bits per heavy atom. The van der Waals surface area contributed by atoms with Gasteiger partial charge in [-0.15, -0.1) is 10.2 Å². The van der Waals surface area contributed by atoms with Gasteiger partial charge >= 0.3 is 0 Å². The summed E-state index contributed by atoms with van der Waals surface area (Å²) in [6.07, 6.45) is 3.19. The van der Waals surface area contributed by atoms with Crippen molar-refractivity contribution in [2.75, 3.05) is 6.61 Å². The highest BCUT2D eigenvalue weighted by atomic mass is 16.5. The highest BCUT2D eigenvalue weighted by molar-refractivity contribution is 5.57. The lowest BCUT2D eigenvalue weighted by molar-refractivity contribution is 0.341. The van der Waals surface area contributed by atoms with E-state index in [1.165, 1.54) is 0 Å². The molecule has 0 atom stereocenters. The van der Waals surface area contributed by atoms with Crippen LogP contribution in [0.25, 0.3) is 0 Å². The number of aromatic hydroxyl groups is 1. The first kappa shape index (κ1) is 19.8. The molecule has 0 saturated carbocycles. The molecule has 3 rings (SSSR count). The largest absolute Gasteiger partial charge is 0.493 e. The van der Waals surface area contributed by atoms with E-state index in [0.29, 0.717) is 23.6 Å². The fourth-order valence-electron chi connectivity index (χ4n) is 2.80.